The Bertz CT molecular complexity index is 1060. The molecule has 1 atom stereocenters. The van der Waals surface area contributed by atoms with Gasteiger partial charge in [0.05, 0.1) is 0 Å². The van der Waals surface area contributed by atoms with Crippen LogP contribution in [0.15, 0.2) is 91.4 Å². The van der Waals surface area contributed by atoms with Gasteiger partial charge in [0.25, 0.3) is 0 Å². The van der Waals surface area contributed by atoms with Gasteiger partial charge < -0.3 is 15.7 Å². The highest BCUT2D eigenvalue weighted by atomic mass is 16.4. The number of hydrogen-bond donors (Lipinski definition) is 3. The van der Waals surface area contributed by atoms with Crippen molar-refractivity contribution in [3.8, 4) is 0 Å². The molecule has 228 valence electrons. The van der Waals surface area contributed by atoms with Crippen LogP contribution < -0.4 is 10.6 Å². The molecule has 0 saturated heterocycles. The number of aromatic nitrogens is 1. The molecule has 0 bridgehead atoms. The molecule has 2 amide bonds. The maximum absolute atomic E-state index is 12.1. The van der Waals surface area contributed by atoms with Crippen molar-refractivity contribution in [3.63, 3.8) is 0 Å². The molecule has 0 aliphatic carbocycles. The summed E-state index contributed by atoms with van der Waals surface area (Å²) in [5, 5.41) is 14.9. The van der Waals surface area contributed by atoms with Crippen molar-refractivity contribution in [3.05, 3.63) is 96.9 Å². The molecule has 0 radical (unpaired) electrons. The summed E-state index contributed by atoms with van der Waals surface area (Å²) in [6.45, 7) is 2.63. The first kappa shape index (κ1) is 36.0. The summed E-state index contributed by atoms with van der Waals surface area (Å²) in [6.07, 6.45) is 37.1. The second-order valence-electron chi connectivity index (χ2n) is 9.80. The van der Waals surface area contributed by atoms with Crippen LogP contribution in [0.2, 0.25) is 0 Å². The molecular weight excluding hydrogens is 526 g/mol. The van der Waals surface area contributed by atoms with Crippen LogP contribution in [0.1, 0.15) is 89.5 Å². The minimum Gasteiger partial charge on any atom is -0.480 e. The van der Waals surface area contributed by atoms with Crippen LogP contribution in [0.3, 0.4) is 0 Å². The smallest absolute Gasteiger partial charge is 0.326 e. The Morgan fingerprint density at radius 1 is 0.833 bits per heavy atom. The third-order valence-electron chi connectivity index (χ3n) is 6.11. The monoisotopic (exact) mass is 575 g/mol. The third kappa shape index (κ3) is 21.8. The Hall–Kier alpha value is -4.00. The molecular formula is C35H49N3O4. The van der Waals surface area contributed by atoms with E-state index < -0.39 is 12.0 Å². The lowest BCUT2D eigenvalue weighted by Crippen LogP contribution is -2.40. The maximum Gasteiger partial charge on any atom is 0.326 e. The number of hydrogen-bond acceptors (Lipinski definition) is 4. The molecule has 0 spiro atoms. The Morgan fingerprint density at radius 2 is 1.48 bits per heavy atom. The van der Waals surface area contributed by atoms with Gasteiger partial charge in [-0.25, -0.2) is 4.79 Å². The SMILES string of the molecule is CC/C=C\C/C=C\C/C=C\C/C=C\C/C=C\CCCC(=O)NCCCCC(NC(=O)C/C=C/c1cccnc1)C(=O)O. The average Bonchev–Trinajstić information content (AvgIpc) is 2.98. The Morgan fingerprint density at radius 3 is 2.07 bits per heavy atom. The van der Waals surface area contributed by atoms with E-state index in [0.717, 1.165) is 50.5 Å². The van der Waals surface area contributed by atoms with Crippen LogP contribution in [-0.2, 0) is 14.4 Å². The van der Waals surface area contributed by atoms with Gasteiger partial charge in [-0.1, -0.05) is 85.9 Å². The minimum absolute atomic E-state index is 0.00541. The Kier molecular flexibility index (Phi) is 22.2. The number of nitrogens with zero attached hydrogens (tertiary/aromatic N) is 1. The van der Waals surface area contributed by atoms with Crippen molar-refractivity contribution >= 4 is 23.9 Å². The van der Waals surface area contributed by atoms with Gasteiger partial charge in [-0.3, -0.25) is 14.6 Å². The fraction of sp³-hybridized carbons (Fsp3) is 0.429. The number of aliphatic carboxylic acids is 1. The van der Waals surface area contributed by atoms with Gasteiger partial charge in [-0.2, -0.15) is 0 Å². The zero-order valence-electron chi connectivity index (χ0n) is 25.1. The van der Waals surface area contributed by atoms with Crippen molar-refractivity contribution in [1.29, 1.82) is 0 Å². The van der Waals surface area contributed by atoms with E-state index in [4.69, 9.17) is 0 Å². The summed E-state index contributed by atoms with van der Waals surface area (Å²) in [5.41, 5.74) is 0.872. The topological polar surface area (TPSA) is 108 Å². The highest BCUT2D eigenvalue weighted by molar-refractivity contribution is 5.84. The average molecular weight is 576 g/mol. The first-order chi connectivity index (χ1) is 20.5. The summed E-state index contributed by atoms with van der Waals surface area (Å²) in [4.78, 5) is 39.7. The molecule has 0 aromatic carbocycles. The van der Waals surface area contributed by atoms with Crippen molar-refractivity contribution in [2.45, 2.75) is 90.0 Å². The summed E-state index contributed by atoms with van der Waals surface area (Å²) >= 11 is 0. The first-order valence-electron chi connectivity index (χ1n) is 15.1. The van der Waals surface area contributed by atoms with Gasteiger partial charge in [0, 0.05) is 31.8 Å². The zero-order valence-corrected chi connectivity index (χ0v) is 25.1. The predicted molar refractivity (Wildman–Crippen MR) is 173 cm³/mol. The van der Waals surface area contributed by atoms with E-state index in [9.17, 15) is 19.5 Å². The lowest BCUT2D eigenvalue weighted by atomic mass is 10.1. The summed E-state index contributed by atoms with van der Waals surface area (Å²) in [7, 11) is 0. The predicted octanol–water partition coefficient (Wildman–Crippen LogP) is 7.26. The van der Waals surface area contributed by atoms with Gasteiger partial charge >= 0.3 is 5.97 Å². The lowest BCUT2D eigenvalue weighted by Gasteiger charge is -2.14. The van der Waals surface area contributed by atoms with Crippen LogP contribution in [0.5, 0.6) is 0 Å². The quantitative estimate of drug-likeness (QED) is 0.0940. The van der Waals surface area contributed by atoms with E-state index in [-0.39, 0.29) is 18.2 Å². The summed E-state index contributed by atoms with van der Waals surface area (Å²) < 4.78 is 0. The molecule has 1 aromatic heterocycles. The molecule has 7 nitrogen and oxygen atoms in total. The van der Waals surface area contributed by atoms with Crippen LogP contribution in [-0.4, -0.2) is 40.5 Å². The number of allylic oxidation sites excluding steroid dienone is 10. The number of amides is 2. The summed E-state index contributed by atoms with van der Waals surface area (Å²) in [5.74, 6) is -1.40. The molecule has 42 heavy (non-hydrogen) atoms. The van der Waals surface area contributed by atoms with Gasteiger partial charge in [-0.05, 0) is 75.8 Å². The third-order valence-corrected chi connectivity index (χ3v) is 6.11. The number of rotatable bonds is 23. The number of carboxylic acids is 1. The number of carboxylic acid groups (broad SMARTS) is 1. The fourth-order valence-corrected chi connectivity index (χ4v) is 3.83. The number of unbranched alkanes of at least 4 members (excludes halogenated alkanes) is 2. The highest BCUT2D eigenvalue weighted by Gasteiger charge is 2.18. The second-order valence-corrected chi connectivity index (χ2v) is 9.80. The normalized spacial score (nSPS) is 12.9. The molecule has 1 unspecified atom stereocenters. The highest BCUT2D eigenvalue weighted by Crippen LogP contribution is 2.04. The molecule has 7 heteroatoms. The molecule has 0 saturated carbocycles. The second kappa shape index (κ2) is 25.9. The van der Waals surface area contributed by atoms with Crippen LogP contribution >= 0.6 is 0 Å². The minimum atomic E-state index is -1.06. The maximum atomic E-state index is 12.1. The van der Waals surface area contributed by atoms with E-state index in [2.05, 4.69) is 83.3 Å². The van der Waals surface area contributed by atoms with Crippen molar-refractivity contribution in [2.24, 2.45) is 0 Å². The van der Waals surface area contributed by atoms with Crippen molar-refractivity contribution in [2.75, 3.05) is 6.54 Å². The van der Waals surface area contributed by atoms with Gasteiger partial charge in [0.15, 0.2) is 0 Å². The van der Waals surface area contributed by atoms with E-state index in [1.807, 2.05) is 6.07 Å². The lowest BCUT2D eigenvalue weighted by molar-refractivity contribution is -0.142. The van der Waals surface area contributed by atoms with Gasteiger partial charge in [0.2, 0.25) is 11.8 Å². The standard InChI is InChI=1S/C35H49N3O4/c1-2-3-4-5-6-7-8-9-10-11-12-13-14-15-16-17-18-26-33(39)37-29-20-19-25-32(35(41)42)38-34(40)27-21-23-31-24-22-28-36-30-31/h3-4,6-7,9-10,12-13,15-16,21-24,28,30,32H,2,5,8,11,14,17-20,25-27,29H2,1H3,(H,37,39)(H,38,40)(H,41,42)/b4-3-,7-6-,10-9-,13-12-,16-15-,23-21+. The first-order valence-corrected chi connectivity index (χ1v) is 15.1. The molecule has 1 heterocycles. The summed E-state index contributed by atoms with van der Waals surface area (Å²) in [6, 6.07) is 2.73. The Labute approximate surface area is 252 Å². The zero-order chi connectivity index (χ0) is 30.5. The molecule has 1 aromatic rings. The number of pyridine rings is 1. The number of nitrogens with one attached hydrogen (secondary N) is 2. The molecule has 0 aliphatic heterocycles. The Balaban J connectivity index is 2.05. The molecule has 0 aliphatic rings. The molecule has 3 N–H and O–H groups in total. The largest absolute Gasteiger partial charge is 0.480 e. The van der Waals surface area contributed by atoms with E-state index in [1.54, 1.807) is 30.6 Å². The van der Waals surface area contributed by atoms with Gasteiger partial charge in [-0.15, -0.1) is 0 Å². The fourth-order valence-electron chi connectivity index (χ4n) is 3.83. The van der Waals surface area contributed by atoms with Crippen LogP contribution in [0.25, 0.3) is 6.08 Å². The van der Waals surface area contributed by atoms with Gasteiger partial charge in [0.1, 0.15) is 6.04 Å². The van der Waals surface area contributed by atoms with Crippen LogP contribution in [0.4, 0.5) is 0 Å². The van der Waals surface area contributed by atoms with Crippen LogP contribution in [0, 0.1) is 0 Å². The molecule has 1 rings (SSSR count). The van der Waals surface area contributed by atoms with Crippen molar-refractivity contribution < 1.29 is 19.5 Å². The molecule has 0 fully saturated rings. The van der Waals surface area contributed by atoms with Crippen molar-refractivity contribution in [1.82, 2.24) is 15.6 Å². The van der Waals surface area contributed by atoms with E-state index in [0.29, 0.717) is 32.2 Å². The van der Waals surface area contributed by atoms with E-state index in [1.165, 1.54) is 0 Å². The number of carbonyl (C=O) groups is 3. The van der Waals surface area contributed by atoms with E-state index >= 15 is 0 Å². The number of carbonyl (C=O) groups excluding carboxylic acids is 2.